The second-order valence-electron chi connectivity index (χ2n) is 9.60. The fourth-order valence-electron chi connectivity index (χ4n) is 4.93. The van der Waals surface area contributed by atoms with Crippen LogP contribution in [-0.2, 0) is 22.6 Å². The summed E-state index contributed by atoms with van der Waals surface area (Å²) in [6.45, 7) is 4.28. The second kappa shape index (κ2) is 9.78. The Balaban J connectivity index is 1.37. The largest absolute Gasteiger partial charge is 0.350 e. The topological polar surface area (TPSA) is 91.4 Å². The Labute approximate surface area is 214 Å². The molecule has 2 aliphatic rings. The van der Waals surface area contributed by atoms with E-state index in [2.05, 4.69) is 15.6 Å². The number of benzene rings is 2. The Morgan fingerprint density at radius 3 is 2.44 bits per heavy atom. The summed E-state index contributed by atoms with van der Waals surface area (Å²) in [5, 5.41) is 5.71. The number of carbonyl (C=O) groups is 3. The third-order valence-corrected chi connectivity index (χ3v) is 8.21. The van der Waals surface area contributed by atoms with Gasteiger partial charge in [0.15, 0.2) is 0 Å². The number of rotatable bonds is 7. The van der Waals surface area contributed by atoms with Crippen LogP contribution in [0.3, 0.4) is 0 Å². The van der Waals surface area contributed by atoms with Gasteiger partial charge in [0.2, 0.25) is 11.8 Å². The molecule has 2 aliphatic heterocycles. The lowest BCUT2D eigenvalue weighted by Crippen LogP contribution is -2.57. The maximum Gasteiger partial charge on any atom is 0.256 e. The SMILES string of the molecule is CC1(C)SC2c3ccccc3C(=O)N2C1C(=O)NC(Cc1ccccc1)C(=O)NCc1ccncc1. The maximum atomic E-state index is 13.8. The van der Waals surface area contributed by atoms with Crippen LogP contribution in [0.15, 0.2) is 79.1 Å². The van der Waals surface area contributed by atoms with Crippen LogP contribution in [-0.4, -0.2) is 44.4 Å². The molecule has 3 heterocycles. The van der Waals surface area contributed by atoms with Gasteiger partial charge in [0, 0.05) is 35.7 Å². The van der Waals surface area contributed by atoms with E-state index >= 15 is 0 Å². The number of hydrogen-bond donors (Lipinski definition) is 2. The average Bonchev–Trinajstić information content (AvgIpc) is 3.32. The van der Waals surface area contributed by atoms with Gasteiger partial charge < -0.3 is 15.5 Å². The monoisotopic (exact) mass is 500 g/mol. The molecule has 0 spiro atoms. The predicted octanol–water partition coefficient (Wildman–Crippen LogP) is 3.47. The molecule has 0 saturated carbocycles. The lowest BCUT2D eigenvalue weighted by Gasteiger charge is -2.31. The molecule has 3 atom stereocenters. The van der Waals surface area contributed by atoms with Crippen LogP contribution in [0.4, 0.5) is 0 Å². The lowest BCUT2D eigenvalue weighted by molar-refractivity contribution is -0.131. The summed E-state index contributed by atoms with van der Waals surface area (Å²) in [7, 11) is 0. The van der Waals surface area contributed by atoms with Gasteiger partial charge in [0.1, 0.15) is 17.5 Å². The molecule has 184 valence electrons. The van der Waals surface area contributed by atoms with Gasteiger partial charge in [0.25, 0.3) is 5.91 Å². The first kappa shape index (κ1) is 24.1. The zero-order valence-electron chi connectivity index (χ0n) is 20.2. The van der Waals surface area contributed by atoms with E-state index in [0.717, 1.165) is 16.7 Å². The summed E-state index contributed by atoms with van der Waals surface area (Å²) >= 11 is 1.61. The third-order valence-electron chi connectivity index (χ3n) is 6.68. The van der Waals surface area contributed by atoms with E-state index < -0.39 is 16.8 Å². The molecule has 2 aromatic carbocycles. The molecule has 1 fully saturated rings. The highest BCUT2D eigenvalue weighted by Gasteiger charge is 2.57. The van der Waals surface area contributed by atoms with Crippen LogP contribution in [0.1, 0.15) is 46.3 Å². The molecule has 0 aliphatic carbocycles. The van der Waals surface area contributed by atoms with Gasteiger partial charge in [-0.3, -0.25) is 19.4 Å². The molecule has 1 saturated heterocycles. The van der Waals surface area contributed by atoms with Crippen LogP contribution >= 0.6 is 11.8 Å². The van der Waals surface area contributed by atoms with Crippen LogP contribution in [0.2, 0.25) is 0 Å². The molecule has 7 nitrogen and oxygen atoms in total. The van der Waals surface area contributed by atoms with E-state index in [1.165, 1.54) is 0 Å². The van der Waals surface area contributed by atoms with Gasteiger partial charge in [-0.1, -0.05) is 48.5 Å². The van der Waals surface area contributed by atoms with Gasteiger partial charge in [-0.2, -0.15) is 0 Å². The standard InChI is InChI=1S/C28H28N4O3S/c1-28(2)23(32-26(35)20-10-6-7-11-21(20)27(32)36-28)25(34)31-22(16-18-8-4-3-5-9-18)24(33)30-17-19-12-14-29-15-13-19/h3-15,22-23,27H,16-17H2,1-2H3,(H,30,33)(H,31,34). The Morgan fingerprint density at radius 1 is 1.00 bits per heavy atom. The third kappa shape index (κ3) is 4.60. The highest BCUT2D eigenvalue weighted by atomic mass is 32.2. The molecule has 8 heteroatoms. The molecule has 3 aromatic rings. The molecule has 1 aromatic heterocycles. The minimum atomic E-state index is -0.790. The Kier molecular flexibility index (Phi) is 6.53. The van der Waals surface area contributed by atoms with Crippen molar-refractivity contribution in [2.24, 2.45) is 0 Å². The number of amides is 3. The molecule has 2 N–H and O–H groups in total. The summed E-state index contributed by atoms with van der Waals surface area (Å²) in [6, 6.07) is 19.3. The van der Waals surface area contributed by atoms with Crippen molar-refractivity contribution in [1.29, 1.82) is 0 Å². The first-order valence-electron chi connectivity index (χ1n) is 12.0. The highest BCUT2D eigenvalue weighted by Crippen LogP contribution is 2.56. The summed E-state index contributed by atoms with van der Waals surface area (Å²) in [6.07, 6.45) is 3.69. The van der Waals surface area contributed by atoms with Crippen molar-refractivity contribution in [3.8, 4) is 0 Å². The summed E-state index contributed by atoms with van der Waals surface area (Å²) in [5.41, 5.74) is 3.43. The summed E-state index contributed by atoms with van der Waals surface area (Å²) < 4.78 is -0.525. The van der Waals surface area contributed by atoms with E-state index in [0.29, 0.717) is 18.5 Å². The number of fused-ring (bicyclic) bond motifs is 3. The van der Waals surface area contributed by atoms with Crippen molar-refractivity contribution in [1.82, 2.24) is 20.5 Å². The predicted molar refractivity (Wildman–Crippen MR) is 139 cm³/mol. The number of thioether (sulfide) groups is 1. The molecule has 0 bridgehead atoms. The molecule has 36 heavy (non-hydrogen) atoms. The number of hydrogen-bond acceptors (Lipinski definition) is 5. The normalized spacial score (nSPS) is 20.4. The van der Waals surface area contributed by atoms with Crippen LogP contribution in [0.25, 0.3) is 0 Å². The fourth-order valence-corrected chi connectivity index (χ4v) is 6.52. The fraction of sp³-hybridized carbons (Fsp3) is 0.286. The van der Waals surface area contributed by atoms with E-state index in [-0.39, 0.29) is 23.1 Å². The molecule has 3 amide bonds. The van der Waals surface area contributed by atoms with Crippen molar-refractivity contribution in [3.05, 3.63) is 101 Å². The number of nitrogens with one attached hydrogen (secondary N) is 2. The quantitative estimate of drug-likeness (QED) is 0.518. The van der Waals surface area contributed by atoms with Gasteiger partial charge in [-0.05, 0) is 48.7 Å². The van der Waals surface area contributed by atoms with E-state index in [1.807, 2.05) is 80.6 Å². The van der Waals surface area contributed by atoms with Crippen molar-refractivity contribution in [2.75, 3.05) is 0 Å². The maximum absolute atomic E-state index is 13.8. The van der Waals surface area contributed by atoms with Gasteiger partial charge >= 0.3 is 0 Å². The average molecular weight is 501 g/mol. The minimum absolute atomic E-state index is 0.143. The zero-order valence-corrected chi connectivity index (χ0v) is 21.0. The smallest absolute Gasteiger partial charge is 0.256 e. The van der Waals surface area contributed by atoms with E-state index in [4.69, 9.17) is 0 Å². The second-order valence-corrected chi connectivity index (χ2v) is 11.3. The lowest BCUT2D eigenvalue weighted by atomic mass is 9.99. The highest BCUT2D eigenvalue weighted by molar-refractivity contribution is 8.01. The van der Waals surface area contributed by atoms with E-state index in [9.17, 15) is 14.4 Å². The summed E-state index contributed by atoms with van der Waals surface area (Å²) in [5.74, 6) is -0.744. The Morgan fingerprint density at radius 2 is 1.69 bits per heavy atom. The zero-order chi connectivity index (χ0) is 25.3. The molecular weight excluding hydrogens is 472 g/mol. The first-order chi connectivity index (χ1) is 17.3. The molecule has 0 radical (unpaired) electrons. The van der Waals surface area contributed by atoms with E-state index in [1.54, 1.807) is 29.1 Å². The first-order valence-corrected chi connectivity index (χ1v) is 12.8. The number of carbonyl (C=O) groups excluding carboxylic acids is 3. The summed E-state index contributed by atoms with van der Waals surface area (Å²) in [4.78, 5) is 46.0. The van der Waals surface area contributed by atoms with Crippen molar-refractivity contribution in [3.63, 3.8) is 0 Å². The van der Waals surface area contributed by atoms with Gasteiger partial charge in [-0.15, -0.1) is 11.8 Å². The minimum Gasteiger partial charge on any atom is -0.350 e. The Hall–Kier alpha value is -3.65. The molecule has 5 rings (SSSR count). The van der Waals surface area contributed by atoms with Crippen LogP contribution < -0.4 is 10.6 Å². The number of nitrogens with zero attached hydrogens (tertiary/aromatic N) is 2. The van der Waals surface area contributed by atoms with Gasteiger partial charge in [-0.25, -0.2) is 0 Å². The van der Waals surface area contributed by atoms with Crippen molar-refractivity contribution < 1.29 is 14.4 Å². The number of pyridine rings is 1. The number of aromatic nitrogens is 1. The van der Waals surface area contributed by atoms with Crippen LogP contribution in [0.5, 0.6) is 0 Å². The molecular formula is C28H28N4O3S. The molecule has 3 unspecified atom stereocenters. The van der Waals surface area contributed by atoms with Crippen molar-refractivity contribution >= 4 is 29.5 Å². The van der Waals surface area contributed by atoms with Gasteiger partial charge in [0.05, 0.1) is 0 Å². The van der Waals surface area contributed by atoms with Crippen molar-refractivity contribution in [2.45, 2.75) is 49.0 Å². The van der Waals surface area contributed by atoms with Crippen LogP contribution in [0, 0.1) is 0 Å². The Bertz CT molecular complexity index is 1280.